The fraction of sp³-hybridized carbons (Fsp3) is 0. The second-order valence-corrected chi connectivity index (χ2v) is 19.6. The van der Waals surface area contributed by atoms with Crippen LogP contribution in [0.25, 0.3) is 75.2 Å². The zero-order valence-electron chi connectivity index (χ0n) is 36.2. The normalized spacial score (nSPS) is 13.3. The summed E-state index contributed by atoms with van der Waals surface area (Å²) in [7, 11) is -3.70. The lowest BCUT2D eigenvalue weighted by Gasteiger charge is -2.35. The summed E-state index contributed by atoms with van der Waals surface area (Å²) in [6.45, 7) is 0. The van der Waals surface area contributed by atoms with E-state index in [1.807, 2.05) is 47.7 Å². The number of hydrogen-bond acceptors (Lipinski definition) is 1. The topological polar surface area (TPSA) is 9.86 Å². The van der Waals surface area contributed by atoms with Crippen LogP contribution in [0.3, 0.4) is 0 Å². The van der Waals surface area contributed by atoms with E-state index in [9.17, 15) is 2.74 Å². The summed E-state index contributed by atoms with van der Waals surface area (Å²) in [6, 6.07) is 64.4. The molecular formula is C54H36N2SSi. The first-order valence-electron chi connectivity index (χ1n) is 22.0. The molecule has 3 heterocycles. The third kappa shape index (κ3) is 4.76. The summed E-state index contributed by atoms with van der Waals surface area (Å²) in [4.78, 5) is 0. The molecule has 0 aliphatic carbocycles. The lowest BCUT2D eigenvalue weighted by molar-refractivity contribution is 1.17. The first kappa shape index (κ1) is 28.4. The molecule has 0 radical (unpaired) electrons. The Balaban J connectivity index is 1.16. The fourth-order valence-electron chi connectivity index (χ4n) is 9.56. The highest BCUT2D eigenvalue weighted by molar-refractivity contribution is 7.25. The number of rotatable bonds is 6. The molecular weight excluding hydrogens is 737 g/mol. The van der Waals surface area contributed by atoms with Crippen LogP contribution in [0.1, 0.15) is 6.85 Å². The predicted octanol–water partition coefficient (Wildman–Crippen LogP) is 11.6. The van der Waals surface area contributed by atoms with Gasteiger partial charge in [0.2, 0.25) is 0 Å². The number of aromatic nitrogens is 2. The van der Waals surface area contributed by atoms with Crippen molar-refractivity contribution in [3.8, 4) is 11.4 Å². The Morgan fingerprint density at radius 1 is 0.379 bits per heavy atom. The number of hydrogen-bond donors (Lipinski definition) is 0. The highest BCUT2D eigenvalue weighted by Gasteiger charge is 2.43. The summed E-state index contributed by atoms with van der Waals surface area (Å²) < 4.78 is 53.0. The van der Waals surface area contributed by atoms with Crippen molar-refractivity contribution < 1.29 is 6.85 Å². The molecule has 58 heavy (non-hydrogen) atoms. The van der Waals surface area contributed by atoms with Gasteiger partial charge in [0.25, 0.3) is 0 Å². The van der Waals surface area contributed by atoms with Gasteiger partial charge in [-0.25, -0.2) is 0 Å². The summed E-state index contributed by atoms with van der Waals surface area (Å²) >= 11 is 1.83. The summed E-state index contributed by atoms with van der Waals surface area (Å²) in [6.07, 6.45) is 0. The molecule has 272 valence electrons. The van der Waals surface area contributed by atoms with Gasteiger partial charge in [-0.1, -0.05) is 158 Å². The average molecular weight is 778 g/mol. The van der Waals surface area contributed by atoms with Gasteiger partial charge in [-0.2, -0.15) is 0 Å². The average Bonchev–Trinajstić information content (AvgIpc) is 3.99. The van der Waals surface area contributed by atoms with Crippen LogP contribution in [-0.4, -0.2) is 17.2 Å². The second kappa shape index (κ2) is 13.0. The van der Waals surface area contributed by atoms with Crippen molar-refractivity contribution in [1.29, 1.82) is 0 Å². The van der Waals surface area contributed by atoms with Crippen molar-refractivity contribution in [3.63, 3.8) is 0 Å². The quantitative estimate of drug-likeness (QED) is 0.118. The highest BCUT2D eigenvalue weighted by atomic mass is 32.1. The maximum atomic E-state index is 9.58. The zero-order valence-corrected chi connectivity index (χ0v) is 33.0. The van der Waals surface area contributed by atoms with Gasteiger partial charge in [-0.05, 0) is 81.4 Å². The van der Waals surface area contributed by atoms with Crippen LogP contribution < -0.4 is 20.7 Å². The molecule has 9 aromatic carbocycles. The standard InChI is InChI=1S/C54H36N2SSi/c1-4-17-39(18-5-1)58(40-19-6-2-7-20-40,41-21-8-3-9-22-41)53-30-16-28-50-54(53)44-25-11-14-27-48(44)56(50)37-31-33-49-45(35-37)42-23-10-13-26-47(42)55(49)38-32-34-52-46(36-38)43-24-12-15-29-51(43)57-52/h1-36H/i1D,4D,5D,17D,18D. The zero-order chi connectivity index (χ0) is 42.6. The van der Waals surface area contributed by atoms with Crippen LogP contribution in [0, 0.1) is 0 Å². The summed E-state index contributed by atoms with van der Waals surface area (Å²) in [5, 5.41) is 10.0. The van der Waals surface area contributed by atoms with Crippen LogP contribution in [-0.2, 0) is 0 Å². The van der Waals surface area contributed by atoms with Crippen LogP contribution in [0.15, 0.2) is 218 Å². The van der Waals surface area contributed by atoms with E-state index in [1.54, 1.807) is 0 Å². The van der Waals surface area contributed by atoms with E-state index in [4.69, 9.17) is 4.11 Å². The molecule has 0 aliphatic rings. The largest absolute Gasteiger partial charge is 0.309 e. The van der Waals surface area contributed by atoms with Gasteiger partial charge in [-0.3, -0.25) is 0 Å². The van der Waals surface area contributed by atoms with Gasteiger partial charge in [0.1, 0.15) is 0 Å². The molecule has 0 fully saturated rings. The Labute approximate surface area is 348 Å². The molecule has 0 atom stereocenters. The third-order valence-corrected chi connectivity index (χ3v) is 17.7. The number of benzene rings is 9. The Bertz CT molecular complexity index is 3750. The molecule has 0 aliphatic heterocycles. The third-order valence-electron chi connectivity index (χ3n) is 11.9. The predicted molar refractivity (Wildman–Crippen MR) is 252 cm³/mol. The maximum Gasteiger partial charge on any atom is 0.180 e. The van der Waals surface area contributed by atoms with Crippen LogP contribution in [0.5, 0.6) is 0 Å². The van der Waals surface area contributed by atoms with Crippen LogP contribution >= 0.6 is 11.3 Å². The van der Waals surface area contributed by atoms with E-state index in [1.165, 1.54) is 20.2 Å². The van der Waals surface area contributed by atoms with Crippen molar-refractivity contribution >= 4 is 104 Å². The van der Waals surface area contributed by atoms with Crippen LogP contribution in [0.2, 0.25) is 0 Å². The first-order valence-corrected chi connectivity index (χ1v) is 22.3. The van der Waals surface area contributed by atoms with Crippen molar-refractivity contribution in [2.75, 3.05) is 0 Å². The highest BCUT2D eigenvalue weighted by Crippen LogP contribution is 2.39. The minimum absolute atomic E-state index is 0.172. The second-order valence-electron chi connectivity index (χ2n) is 14.9. The molecule has 3 aromatic heterocycles. The molecule has 0 amide bonds. The van der Waals surface area contributed by atoms with E-state index in [0.29, 0.717) is 5.19 Å². The van der Waals surface area contributed by atoms with Gasteiger partial charge >= 0.3 is 0 Å². The molecule has 0 bridgehead atoms. The molecule has 0 saturated heterocycles. The molecule has 0 N–H and O–H groups in total. The lowest BCUT2D eigenvalue weighted by atomic mass is 10.1. The van der Waals surface area contributed by atoms with Crippen molar-refractivity contribution in [1.82, 2.24) is 9.13 Å². The number of thiophene rings is 1. The van der Waals surface area contributed by atoms with Crippen molar-refractivity contribution in [3.05, 3.63) is 218 Å². The summed E-state index contributed by atoms with van der Waals surface area (Å²) in [5.74, 6) is 0. The van der Waals surface area contributed by atoms with Crippen LogP contribution in [0.4, 0.5) is 0 Å². The summed E-state index contributed by atoms with van der Waals surface area (Å²) in [5.41, 5.74) is 6.35. The molecule has 0 spiro atoms. The molecule has 0 saturated carbocycles. The van der Waals surface area contributed by atoms with E-state index < -0.39 is 14.1 Å². The van der Waals surface area contributed by atoms with Gasteiger partial charge in [-0.15, -0.1) is 11.3 Å². The SMILES string of the molecule is [2H]c1c([2H])c([2H])c([Si](c2ccccc2)(c2ccccc2)c2cccc3c2c2ccccc2n3-c2ccc3c(c2)c2ccccc2n3-c2ccc3sc4ccccc4c3c2)c([2H])c1[2H]. The van der Waals surface area contributed by atoms with Crippen molar-refractivity contribution in [2.24, 2.45) is 0 Å². The fourth-order valence-corrected chi connectivity index (χ4v) is 15.3. The van der Waals surface area contributed by atoms with E-state index >= 15 is 0 Å². The lowest BCUT2D eigenvalue weighted by Crippen LogP contribution is -2.74. The van der Waals surface area contributed by atoms with Gasteiger partial charge in [0, 0.05) is 53.1 Å². The minimum Gasteiger partial charge on any atom is -0.309 e. The Hall–Kier alpha value is -6.98. The van der Waals surface area contributed by atoms with E-state index in [-0.39, 0.29) is 24.2 Å². The molecule has 2 nitrogen and oxygen atoms in total. The Morgan fingerprint density at radius 2 is 0.914 bits per heavy atom. The monoisotopic (exact) mass is 777 g/mol. The van der Waals surface area contributed by atoms with Crippen molar-refractivity contribution in [2.45, 2.75) is 0 Å². The Kier molecular flexibility index (Phi) is 6.39. The van der Waals surface area contributed by atoms with Gasteiger partial charge < -0.3 is 9.13 Å². The molecule has 4 heteroatoms. The van der Waals surface area contributed by atoms with Gasteiger partial charge in [0.15, 0.2) is 8.07 Å². The molecule has 12 rings (SSSR count). The number of fused-ring (bicyclic) bond motifs is 9. The Morgan fingerprint density at radius 3 is 1.66 bits per heavy atom. The van der Waals surface area contributed by atoms with E-state index in [2.05, 4.69) is 161 Å². The molecule has 12 aromatic rings. The number of para-hydroxylation sites is 2. The first-order chi connectivity index (χ1) is 30.9. The smallest absolute Gasteiger partial charge is 0.180 e. The van der Waals surface area contributed by atoms with E-state index in [0.717, 1.165) is 70.5 Å². The minimum atomic E-state index is -3.70. The maximum absolute atomic E-state index is 9.58. The molecule has 0 unspecified atom stereocenters. The van der Waals surface area contributed by atoms with Gasteiger partial charge in [0.05, 0.1) is 28.9 Å². The number of nitrogens with zero attached hydrogens (tertiary/aromatic N) is 2.